The number of hydrogen-bond acceptors (Lipinski definition) is 4. The van der Waals surface area contributed by atoms with Crippen LogP contribution in [0.25, 0.3) is 0 Å². The monoisotopic (exact) mass is 333 g/mol. The molecule has 0 bridgehead atoms. The Morgan fingerprint density at radius 3 is 2.75 bits per heavy atom. The molecule has 0 aromatic carbocycles. The number of hydrogen-bond donors (Lipinski definition) is 1. The number of aromatic nitrogens is 2. The van der Waals surface area contributed by atoms with Gasteiger partial charge >= 0.3 is 0 Å². The highest BCUT2D eigenvalue weighted by molar-refractivity contribution is 5.82. The number of carbonyl (C=O) groups is 1. The van der Waals surface area contributed by atoms with Gasteiger partial charge in [0.1, 0.15) is 0 Å². The lowest BCUT2D eigenvalue weighted by Gasteiger charge is -2.37. The third-order valence-corrected chi connectivity index (χ3v) is 5.69. The molecule has 1 amide bonds. The average molecular weight is 333 g/mol. The van der Waals surface area contributed by atoms with Crippen LogP contribution in [0.1, 0.15) is 38.2 Å². The minimum absolute atomic E-state index is 0.0324. The summed E-state index contributed by atoms with van der Waals surface area (Å²) in [5.41, 5.74) is 1.40. The zero-order valence-electron chi connectivity index (χ0n) is 15.3. The van der Waals surface area contributed by atoms with Crippen LogP contribution in [0.5, 0.6) is 0 Å². The molecule has 1 spiro atoms. The molecule has 134 valence electrons. The van der Waals surface area contributed by atoms with Gasteiger partial charge in [0.05, 0.1) is 12.2 Å². The van der Waals surface area contributed by atoms with Crippen molar-refractivity contribution in [1.82, 2.24) is 24.9 Å². The van der Waals surface area contributed by atoms with E-state index in [4.69, 9.17) is 0 Å². The molecule has 3 heterocycles. The zero-order valence-corrected chi connectivity index (χ0v) is 15.3. The van der Waals surface area contributed by atoms with Gasteiger partial charge in [-0.3, -0.25) is 14.4 Å². The Kier molecular flexibility index (Phi) is 5.25. The molecule has 3 rings (SSSR count). The van der Waals surface area contributed by atoms with E-state index in [9.17, 15) is 4.79 Å². The van der Waals surface area contributed by atoms with Crippen molar-refractivity contribution in [3.05, 3.63) is 18.0 Å². The largest absolute Gasteiger partial charge is 0.351 e. The lowest BCUT2D eigenvalue weighted by Crippen LogP contribution is -2.43. The summed E-state index contributed by atoms with van der Waals surface area (Å²) in [6.45, 7) is 7.18. The first-order chi connectivity index (χ1) is 11.5. The average Bonchev–Trinajstić information content (AvgIpc) is 3.13. The van der Waals surface area contributed by atoms with Gasteiger partial charge in [-0.15, -0.1) is 0 Å². The van der Waals surface area contributed by atoms with E-state index in [0.717, 1.165) is 44.6 Å². The Morgan fingerprint density at radius 1 is 1.38 bits per heavy atom. The summed E-state index contributed by atoms with van der Waals surface area (Å²) >= 11 is 0. The molecule has 2 fully saturated rings. The summed E-state index contributed by atoms with van der Waals surface area (Å²) in [6, 6.07) is 0.0324. The van der Waals surface area contributed by atoms with Gasteiger partial charge < -0.3 is 10.2 Å². The molecule has 24 heavy (non-hydrogen) atoms. The maximum absolute atomic E-state index is 12.8. The standard InChI is InChI=1S/C18H31N5O/c1-4-7-23-14-18(5-8-21(2)9-6-18)10-16(23)17(24)19-11-15-12-20-22(3)13-15/h12-13,16H,4-11,14H2,1-3H3,(H,19,24)/t16-/m1/s1. The molecule has 6 heteroatoms. The number of carbonyl (C=O) groups excluding carboxylic acids is 1. The van der Waals surface area contributed by atoms with Crippen molar-refractivity contribution in [1.29, 1.82) is 0 Å². The van der Waals surface area contributed by atoms with Gasteiger partial charge in [0.25, 0.3) is 0 Å². The SMILES string of the molecule is CCCN1CC2(CCN(C)CC2)C[C@@H]1C(=O)NCc1cnn(C)c1. The fraction of sp³-hybridized carbons (Fsp3) is 0.778. The normalized spacial score (nSPS) is 24.5. The predicted octanol–water partition coefficient (Wildman–Crippen LogP) is 1.23. The van der Waals surface area contributed by atoms with Crippen molar-refractivity contribution < 1.29 is 4.79 Å². The lowest BCUT2D eigenvalue weighted by molar-refractivity contribution is -0.125. The highest BCUT2D eigenvalue weighted by Gasteiger charge is 2.47. The van der Waals surface area contributed by atoms with E-state index in [0.29, 0.717) is 12.0 Å². The molecule has 2 aliphatic heterocycles. The Hall–Kier alpha value is -1.40. The quantitative estimate of drug-likeness (QED) is 0.881. The van der Waals surface area contributed by atoms with Crippen LogP contribution in [-0.4, -0.2) is 64.8 Å². The molecular formula is C18H31N5O. The maximum atomic E-state index is 12.8. The number of aryl methyl sites for hydroxylation is 1. The van der Waals surface area contributed by atoms with E-state index in [1.165, 1.54) is 12.8 Å². The van der Waals surface area contributed by atoms with Crippen molar-refractivity contribution in [3.8, 4) is 0 Å². The number of nitrogens with zero attached hydrogens (tertiary/aromatic N) is 4. The molecule has 1 aromatic rings. The Morgan fingerprint density at radius 2 is 2.12 bits per heavy atom. The van der Waals surface area contributed by atoms with Gasteiger partial charge in [-0.2, -0.15) is 5.10 Å². The molecule has 0 unspecified atom stereocenters. The van der Waals surface area contributed by atoms with Crippen LogP contribution in [0.3, 0.4) is 0 Å². The van der Waals surface area contributed by atoms with Gasteiger partial charge in [-0.25, -0.2) is 0 Å². The van der Waals surface area contributed by atoms with Gasteiger partial charge in [-0.05, 0) is 57.8 Å². The van der Waals surface area contributed by atoms with E-state index in [2.05, 4.69) is 34.2 Å². The molecule has 1 aromatic heterocycles. The van der Waals surface area contributed by atoms with Crippen LogP contribution in [0.15, 0.2) is 12.4 Å². The molecule has 1 N–H and O–H groups in total. The molecular weight excluding hydrogens is 302 g/mol. The Balaban J connectivity index is 1.62. The highest BCUT2D eigenvalue weighted by atomic mass is 16.2. The fourth-order valence-electron chi connectivity index (χ4n) is 4.25. The molecule has 2 saturated heterocycles. The number of amides is 1. The second-order valence-corrected chi connectivity index (χ2v) is 7.73. The van der Waals surface area contributed by atoms with Gasteiger partial charge in [0.15, 0.2) is 0 Å². The molecule has 1 atom stereocenters. The van der Waals surface area contributed by atoms with E-state index in [-0.39, 0.29) is 11.9 Å². The van der Waals surface area contributed by atoms with E-state index >= 15 is 0 Å². The van der Waals surface area contributed by atoms with Crippen molar-refractivity contribution in [2.24, 2.45) is 12.5 Å². The molecule has 0 radical (unpaired) electrons. The van der Waals surface area contributed by atoms with Crippen molar-refractivity contribution in [2.45, 2.75) is 45.2 Å². The summed E-state index contributed by atoms with van der Waals surface area (Å²) in [4.78, 5) is 17.6. The third-order valence-electron chi connectivity index (χ3n) is 5.69. The summed E-state index contributed by atoms with van der Waals surface area (Å²) in [7, 11) is 4.10. The first kappa shape index (κ1) is 17.4. The van der Waals surface area contributed by atoms with Gasteiger partial charge in [0.2, 0.25) is 5.91 Å². The van der Waals surface area contributed by atoms with Crippen LogP contribution >= 0.6 is 0 Å². The number of nitrogens with one attached hydrogen (secondary N) is 1. The minimum atomic E-state index is 0.0324. The summed E-state index contributed by atoms with van der Waals surface area (Å²) < 4.78 is 1.77. The van der Waals surface area contributed by atoms with Crippen LogP contribution < -0.4 is 5.32 Å². The summed E-state index contributed by atoms with van der Waals surface area (Å²) in [6.07, 6.45) is 8.32. The zero-order chi connectivity index (χ0) is 17.2. The van der Waals surface area contributed by atoms with Crippen LogP contribution in [-0.2, 0) is 18.4 Å². The van der Waals surface area contributed by atoms with Crippen molar-refractivity contribution in [2.75, 3.05) is 33.2 Å². The second-order valence-electron chi connectivity index (χ2n) is 7.73. The number of rotatable bonds is 5. The molecule has 6 nitrogen and oxygen atoms in total. The van der Waals surface area contributed by atoms with E-state index in [1.807, 2.05) is 19.4 Å². The van der Waals surface area contributed by atoms with Crippen LogP contribution in [0, 0.1) is 5.41 Å². The van der Waals surface area contributed by atoms with Crippen molar-refractivity contribution in [3.63, 3.8) is 0 Å². The van der Waals surface area contributed by atoms with Gasteiger partial charge in [0, 0.05) is 31.9 Å². The third kappa shape index (κ3) is 3.81. The van der Waals surface area contributed by atoms with Gasteiger partial charge in [-0.1, -0.05) is 6.92 Å². The number of likely N-dealkylation sites (tertiary alicyclic amines) is 2. The van der Waals surface area contributed by atoms with Crippen LogP contribution in [0.2, 0.25) is 0 Å². The van der Waals surface area contributed by atoms with Crippen LogP contribution in [0.4, 0.5) is 0 Å². The van der Waals surface area contributed by atoms with E-state index < -0.39 is 0 Å². The topological polar surface area (TPSA) is 53.4 Å². The predicted molar refractivity (Wildman–Crippen MR) is 94.5 cm³/mol. The highest BCUT2D eigenvalue weighted by Crippen LogP contribution is 2.43. The minimum Gasteiger partial charge on any atom is -0.351 e. The summed E-state index contributed by atoms with van der Waals surface area (Å²) in [5, 5.41) is 7.29. The number of piperidine rings is 1. The smallest absolute Gasteiger partial charge is 0.237 e. The fourth-order valence-corrected chi connectivity index (χ4v) is 4.25. The molecule has 2 aliphatic rings. The van der Waals surface area contributed by atoms with Crippen molar-refractivity contribution >= 4 is 5.91 Å². The summed E-state index contributed by atoms with van der Waals surface area (Å²) in [5.74, 6) is 0.183. The Labute approximate surface area is 145 Å². The first-order valence-corrected chi connectivity index (χ1v) is 9.19. The Bertz CT molecular complexity index is 562. The lowest BCUT2D eigenvalue weighted by atomic mass is 9.76. The van der Waals surface area contributed by atoms with E-state index in [1.54, 1.807) is 4.68 Å². The second kappa shape index (κ2) is 7.23. The maximum Gasteiger partial charge on any atom is 0.237 e. The molecule has 0 aliphatic carbocycles. The molecule has 0 saturated carbocycles. The first-order valence-electron chi connectivity index (χ1n) is 9.19.